The van der Waals surface area contributed by atoms with Gasteiger partial charge in [0, 0.05) is 26.8 Å². The number of likely N-dealkylation sites (N-methyl/N-ethyl adjacent to an activating group) is 1. The summed E-state index contributed by atoms with van der Waals surface area (Å²) in [6.45, 7) is 7.46. The number of amides is 2. The second-order valence-electron chi connectivity index (χ2n) is 8.51. The van der Waals surface area contributed by atoms with Crippen molar-refractivity contribution < 1.29 is 23.8 Å². The smallest absolute Gasteiger partial charge is 0.410 e. The molecule has 1 unspecified atom stereocenters. The minimum absolute atomic E-state index is 0.204. The Morgan fingerprint density at radius 2 is 2.00 bits per heavy atom. The number of hydrogen-bond donors (Lipinski definition) is 1. The van der Waals surface area contributed by atoms with Crippen molar-refractivity contribution in [3.63, 3.8) is 0 Å². The highest BCUT2D eigenvalue weighted by Gasteiger charge is 2.28. The third kappa shape index (κ3) is 8.73. The third-order valence-electron chi connectivity index (χ3n) is 4.78. The zero-order valence-electron chi connectivity index (χ0n) is 18.0. The first-order valence-corrected chi connectivity index (χ1v) is 10.2. The molecular weight excluding hydrogens is 372 g/mol. The van der Waals surface area contributed by atoms with Gasteiger partial charge in [0.2, 0.25) is 0 Å². The first-order valence-electron chi connectivity index (χ1n) is 10.2. The Bertz CT molecular complexity index is 638. The molecule has 0 radical (unpaired) electrons. The molecule has 1 aromatic rings. The molecule has 1 fully saturated rings. The predicted molar refractivity (Wildman–Crippen MR) is 111 cm³/mol. The van der Waals surface area contributed by atoms with Crippen LogP contribution < -0.4 is 5.32 Å². The second kappa shape index (κ2) is 11.0. The Balaban J connectivity index is 1.90. The van der Waals surface area contributed by atoms with E-state index in [0.717, 1.165) is 31.4 Å². The van der Waals surface area contributed by atoms with Gasteiger partial charge in [0.05, 0.1) is 6.04 Å². The molecule has 0 aromatic heterocycles. The van der Waals surface area contributed by atoms with Gasteiger partial charge in [0.15, 0.2) is 0 Å². The SMILES string of the molecule is CN(C(=O)OC(C)(C)C)C(CNC(=O)OCc1ccccc1)C[C@H]1CCCOC1. The number of nitrogens with zero attached hydrogens (tertiary/aromatic N) is 1. The van der Waals surface area contributed by atoms with Crippen molar-refractivity contribution >= 4 is 12.2 Å². The van der Waals surface area contributed by atoms with Gasteiger partial charge >= 0.3 is 12.2 Å². The highest BCUT2D eigenvalue weighted by atomic mass is 16.6. The van der Waals surface area contributed by atoms with Gasteiger partial charge < -0.3 is 24.4 Å². The average molecular weight is 407 g/mol. The van der Waals surface area contributed by atoms with Gasteiger partial charge in [-0.2, -0.15) is 0 Å². The van der Waals surface area contributed by atoms with Gasteiger partial charge in [-0.05, 0) is 51.5 Å². The molecule has 1 heterocycles. The minimum atomic E-state index is -0.577. The fraction of sp³-hybridized carbons (Fsp3) is 0.636. The molecule has 1 aromatic carbocycles. The van der Waals surface area contributed by atoms with E-state index in [-0.39, 0.29) is 12.6 Å². The van der Waals surface area contributed by atoms with Crippen LogP contribution in [0.4, 0.5) is 9.59 Å². The maximum Gasteiger partial charge on any atom is 0.410 e. The molecule has 7 nitrogen and oxygen atoms in total. The van der Waals surface area contributed by atoms with Gasteiger partial charge in [-0.25, -0.2) is 9.59 Å². The van der Waals surface area contributed by atoms with E-state index in [2.05, 4.69) is 5.32 Å². The van der Waals surface area contributed by atoms with E-state index in [0.29, 0.717) is 19.1 Å². The van der Waals surface area contributed by atoms with Crippen LogP contribution >= 0.6 is 0 Å². The number of carbonyl (C=O) groups excluding carboxylic acids is 2. The van der Waals surface area contributed by atoms with Gasteiger partial charge in [-0.15, -0.1) is 0 Å². The van der Waals surface area contributed by atoms with Gasteiger partial charge in [-0.3, -0.25) is 0 Å². The Hall–Kier alpha value is -2.28. The first kappa shape index (κ1) is 23.0. The first-order chi connectivity index (χ1) is 13.7. The Kier molecular flexibility index (Phi) is 8.76. The summed E-state index contributed by atoms with van der Waals surface area (Å²) in [5.41, 5.74) is 0.343. The summed E-state index contributed by atoms with van der Waals surface area (Å²) in [6, 6.07) is 9.30. The maximum atomic E-state index is 12.5. The van der Waals surface area contributed by atoms with E-state index in [4.69, 9.17) is 14.2 Å². The monoisotopic (exact) mass is 406 g/mol. The summed E-state index contributed by atoms with van der Waals surface area (Å²) in [6.07, 6.45) is 1.89. The lowest BCUT2D eigenvalue weighted by molar-refractivity contribution is 0.0111. The van der Waals surface area contributed by atoms with Crippen molar-refractivity contribution in [2.75, 3.05) is 26.8 Å². The fourth-order valence-corrected chi connectivity index (χ4v) is 3.21. The molecule has 2 atom stereocenters. The van der Waals surface area contributed by atoms with Gasteiger partial charge in [0.1, 0.15) is 12.2 Å². The molecule has 0 bridgehead atoms. The van der Waals surface area contributed by atoms with Crippen molar-refractivity contribution in [1.29, 1.82) is 0 Å². The zero-order valence-corrected chi connectivity index (χ0v) is 18.0. The Morgan fingerprint density at radius 1 is 1.28 bits per heavy atom. The van der Waals surface area contributed by atoms with Crippen molar-refractivity contribution in [3.8, 4) is 0 Å². The van der Waals surface area contributed by atoms with E-state index >= 15 is 0 Å². The van der Waals surface area contributed by atoms with E-state index in [9.17, 15) is 9.59 Å². The molecule has 1 saturated heterocycles. The van der Waals surface area contributed by atoms with Crippen molar-refractivity contribution in [1.82, 2.24) is 10.2 Å². The molecule has 1 aliphatic heterocycles. The number of benzene rings is 1. The van der Waals surface area contributed by atoms with Crippen LogP contribution in [0.25, 0.3) is 0 Å². The number of ether oxygens (including phenoxy) is 3. The number of carbonyl (C=O) groups is 2. The number of nitrogens with one attached hydrogen (secondary N) is 1. The summed E-state index contributed by atoms with van der Waals surface area (Å²) in [7, 11) is 1.71. The molecule has 1 aliphatic rings. The van der Waals surface area contributed by atoms with Crippen molar-refractivity contribution in [2.45, 2.75) is 58.3 Å². The molecule has 2 amide bonds. The van der Waals surface area contributed by atoms with E-state index < -0.39 is 17.8 Å². The minimum Gasteiger partial charge on any atom is -0.445 e. The quantitative estimate of drug-likeness (QED) is 0.741. The molecule has 1 N–H and O–H groups in total. The topological polar surface area (TPSA) is 77.1 Å². The highest BCUT2D eigenvalue weighted by molar-refractivity contribution is 5.69. The fourth-order valence-electron chi connectivity index (χ4n) is 3.21. The summed E-state index contributed by atoms with van der Waals surface area (Å²) >= 11 is 0. The summed E-state index contributed by atoms with van der Waals surface area (Å²) in [5, 5.41) is 2.79. The highest BCUT2D eigenvalue weighted by Crippen LogP contribution is 2.22. The standard InChI is InChI=1S/C22H34N2O5/c1-22(2,3)29-21(26)24(4)19(13-18-11-8-12-27-15-18)14-23-20(25)28-16-17-9-6-5-7-10-17/h5-7,9-10,18-19H,8,11-16H2,1-4H3,(H,23,25)/t18-,19?/m1/s1. The van der Waals surface area contributed by atoms with Gasteiger partial charge in [0.25, 0.3) is 0 Å². The number of alkyl carbamates (subject to hydrolysis) is 1. The van der Waals surface area contributed by atoms with E-state index in [1.54, 1.807) is 11.9 Å². The Labute approximate surface area is 173 Å². The van der Waals surface area contributed by atoms with Crippen LogP contribution in [0.3, 0.4) is 0 Å². The van der Waals surface area contributed by atoms with Crippen LogP contribution in [0.5, 0.6) is 0 Å². The number of rotatable bonds is 7. The molecule has 2 rings (SSSR count). The predicted octanol–water partition coefficient (Wildman–Crippen LogP) is 3.97. The van der Waals surface area contributed by atoms with Crippen LogP contribution in [0.2, 0.25) is 0 Å². The van der Waals surface area contributed by atoms with Crippen LogP contribution in [-0.2, 0) is 20.8 Å². The Morgan fingerprint density at radius 3 is 2.62 bits per heavy atom. The zero-order chi connectivity index (χ0) is 21.3. The molecular formula is C22H34N2O5. The van der Waals surface area contributed by atoms with Crippen LogP contribution in [0, 0.1) is 5.92 Å². The van der Waals surface area contributed by atoms with Crippen LogP contribution in [0.15, 0.2) is 30.3 Å². The summed E-state index contributed by atoms with van der Waals surface area (Å²) in [4.78, 5) is 26.2. The molecule has 0 spiro atoms. The van der Waals surface area contributed by atoms with E-state index in [1.807, 2.05) is 51.1 Å². The molecule has 0 saturated carbocycles. The molecule has 7 heteroatoms. The maximum absolute atomic E-state index is 12.5. The molecule has 0 aliphatic carbocycles. The van der Waals surface area contributed by atoms with Crippen LogP contribution in [-0.4, -0.2) is 55.5 Å². The number of hydrogen-bond acceptors (Lipinski definition) is 5. The van der Waals surface area contributed by atoms with Crippen molar-refractivity contribution in [3.05, 3.63) is 35.9 Å². The van der Waals surface area contributed by atoms with Crippen LogP contribution in [0.1, 0.15) is 45.6 Å². The third-order valence-corrected chi connectivity index (χ3v) is 4.78. The average Bonchev–Trinajstić information content (AvgIpc) is 2.69. The second-order valence-corrected chi connectivity index (χ2v) is 8.51. The largest absolute Gasteiger partial charge is 0.445 e. The molecule has 162 valence electrons. The van der Waals surface area contributed by atoms with Crippen molar-refractivity contribution in [2.24, 2.45) is 5.92 Å². The summed E-state index contributed by atoms with van der Waals surface area (Å²) < 4.78 is 16.3. The lowest BCUT2D eigenvalue weighted by Crippen LogP contribution is -2.48. The lowest BCUT2D eigenvalue weighted by Gasteiger charge is -2.34. The lowest BCUT2D eigenvalue weighted by atomic mass is 9.94. The molecule has 29 heavy (non-hydrogen) atoms. The van der Waals surface area contributed by atoms with Gasteiger partial charge in [-0.1, -0.05) is 30.3 Å². The summed E-state index contributed by atoms with van der Waals surface area (Å²) in [5.74, 6) is 0.348. The van der Waals surface area contributed by atoms with E-state index in [1.165, 1.54) is 0 Å². The normalized spacial score (nSPS) is 17.9.